The third-order valence-corrected chi connectivity index (χ3v) is 16.4. The Morgan fingerprint density at radius 1 is 0.292 bits per heavy atom. The quantitative estimate of drug-likeness (QED) is 0.173. The number of rotatable bonds is 5. The van der Waals surface area contributed by atoms with E-state index in [4.69, 9.17) is 15.0 Å². The van der Waals surface area contributed by atoms with Gasteiger partial charge in [-0.25, -0.2) is 15.0 Å². The summed E-state index contributed by atoms with van der Waals surface area (Å²) in [6.07, 6.45) is 6.87. The van der Waals surface area contributed by atoms with E-state index in [1.165, 1.54) is 76.6 Å². The van der Waals surface area contributed by atoms with Crippen molar-refractivity contribution in [1.82, 2.24) is 15.0 Å². The zero-order valence-electron chi connectivity index (χ0n) is 36.2. The molecule has 3 heteroatoms. The normalized spacial score (nSPS) is 22.3. The van der Waals surface area contributed by atoms with Crippen LogP contribution in [0.2, 0.25) is 0 Å². The molecule has 4 fully saturated rings. The second kappa shape index (κ2) is 14.1. The van der Waals surface area contributed by atoms with Gasteiger partial charge in [0.25, 0.3) is 0 Å². The van der Waals surface area contributed by atoms with E-state index in [1.54, 1.807) is 11.1 Å². The van der Waals surface area contributed by atoms with Crippen LogP contribution >= 0.6 is 0 Å². The summed E-state index contributed by atoms with van der Waals surface area (Å²) < 4.78 is 0. The Kier molecular flexibility index (Phi) is 8.08. The first kappa shape index (κ1) is 37.2. The average molecular weight is 834 g/mol. The van der Waals surface area contributed by atoms with Gasteiger partial charge < -0.3 is 0 Å². The van der Waals surface area contributed by atoms with E-state index in [-0.39, 0.29) is 5.41 Å². The highest BCUT2D eigenvalue weighted by Crippen LogP contribution is 2.71. The van der Waals surface area contributed by atoms with E-state index >= 15 is 0 Å². The van der Waals surface area contributed by atoms with Crippen LogP contribution in [0.3, 0.4) is 0 Å². The van der Waals surface area contributed by atoms with Crippen LogP contribution in [0, 0.1) is 23.7 Å². The second-order valence-corrected chi connectivity index (χ2v) is 19.5. The van der Waals surface area contributed by atoms with Crippen molar-refractivity contribution in [3.8, 4) is 67.5 Å². The van der Waals surface area contributed by atoms with Gasteiger partial charge in [0.1, 0.15) is 0 Å². The van der Waals surface area contributed by atoms with E-state index in [2.05, 4.69) is 164 Å². The molecule has 4 bridgehead atoms. The zero-order valence-corrected chi connectivity index (χ0v) is 36.2. The van der Waals surface area contributed by atoms with Crippen molar-refractivity contribution >= 4 is 0 Å². The molecule has 15 rings (SSSR count). The summed E-state index contributed by atoms with van der Waals surface area (Å²) in [5.74, 6) is 5.08. The van der Waals surface area contributed by atoms with E-state index < -0.39 is 5.41 Å². The SMILES string of the molecule is c1ccc(-c2nc(-c3ccccc3)nc(-c3cccc(-c4cccc(-c5ccc6c(c5)C5(c7ccccc7-c7ccccc75)c5ccccc5C65C6CC7CC(C6)CC5C7)c4)c3)n2)cc1. The van der Waals surface area contributed by atoms with E-state index in [0.717, 1.165) is 39.7 Å². The lowest BCUT2D eigenvalue weighted by atomic mass is 9.38. The van der Waals surface area contributed by atoms with Crippen molar-refractivity contribution in [1.29, 1.82) is 0 Å². The fourth-order valence-electron chi connectivity index (χ4n) is 14.1. The van der Waals surface area contributed by atoms with Crippen LogP contribution in [-0.2, 0) is 10.8 Å². The van der Waals surface area contributed by atoms with Gasteiger partial charge in [-0.3, -0.25) is 0 Å². The van der Waals surface area contributed by atoms with Crippen LogP contribution in [0.15, 0.2) is 200 Å². The van der Waals surface area contributed by atoms with Crippen LogP contribution < -0.4 is 0 Å². The number of benzene rings is 8. The van der Waals surface area contributed by atoms with Crippen LogP contribution in [0.5, 0.6) is 0 Å². The van der Waals surface area contributed by atoms with Crippen molar-refractivity contribution in [3.05, 3.63) is 234 Å². The summed E-state index contributed by atoms with van der Waals surface area (Å²) in [7, 11) is 0. The number of aromatic nitrogens is 3. The van der Waals surface area contributed by atoms with Gasteiger partial charge in [-0.2, -0.15) is 0 Å². The van der Waals surface area contributed by atoms with Gasteiger partial charge in [0, 0.05) is 22.1 Å². The Bertz CT molecular complexity index is 3220. The molecule has 310 valence electrons. The molecule has 0 amide bonds. The summed E-state index contributed by atoms with van der Waals surface area (Å²) in [4.78, 5) is 15.1. The van der Waals surface area contributed by atoms with Gasteiger partial charge in [0.2, 0.25) is 0 Å². The summed E-state index contributed by atoms with van der Waals surface area (Å²) >= 11 is 0. The van der Waals surface area contributed by atoms with Crippen LogP contribution in [0.4, 0.5) is 0 Å². The molecule has 8 aromatic carbocycles. The third-order valence-electron chi connectivity index (χ3n) is 16.4. The van der Waals surface area contributed by atoms with E-state index in [1.807, 2.05) is 36.4 Å². The van der Waals surface area contributed by atoms with Crippen molar-refractivity contribution in [2.24, 2.45) is 23.7 Å². The molecule has 0 radical (unpaired) electrons. The molecule has 65 heavy (non-hydrogen) atoms. The van der Waals surface area contributed by atoms with Gasteiger partial charge in [-0.05, 0) is 141 Å². The lowest BCUT2D eigenvalue weighted by Gasteiger charge is -2.65. The van der Waals surface area contributed by atoms with Crippen LogP contribution in [-0.4, -0.2) is 15.0 Å². The minimum absolute atomic E-state index is 0.0215. The number of fused-ring (bicyclic) bond motifs is 9. The molecule has 4 saturated carbocycles. The van der Waals surface area contributed by atoms with E-state index in [9.17, 15) is 0 Å². The molecule has 3 nitrogen and oxygen atoms in total. The maximum absolute atomic E-state index is 5.06. The van der Waals surface area contributed by atoms with Gasteiger partial charge in [-0.1, -0.05) is 182 Å². The topological polar surface area (TPSA) is 38.7 Å². The minimum Gasteiger partial charge on any atom is -0.208 e. The highest BCUT2D eigenvalue weighted by molar-refractivity contribution is 5.89. The zero-order chi connectivity index (χ0) is 42.7. The van der Waals surface area contributed by atoms with Crippen molar-refractivity contribution in [2.45, 2.75) is 42.9 Å². The van der Waals surface area contributed by atoms with Crippen LogP contribution in [0.25, 0.3) is 67.5 Å². The summed E-state index contributed by atoms with van der Waals surface area (Å²) in [5.41, 5.74) is 19.0. The van der Waals surface area contributed by atoms with Gasteiger partial charge >= 0.3 is 0 Å². The predicted molar refractivity (Wildman–Crippen MR) is 262 cm³/mol. The monoisotopic (exact) mass is 833 g/mol. The van der Waals surface area contributed by atoms with Crippen LogP contribution in [0.1, 0.15) is 65.5 Å². The summed E-state index contributed by atoms with van der Waals surface area (Å²) in [6, 6.07) is 74.3. The molecule has 0 saturated heterocycles. The van der Waals surface area contributed by atoms with Gasteiger partial charge in [-0.15, -0.1) is 0 Å². The number of nitrogens with zero attached hydrogens (tertiary/aromatic N) is 3. The Hall–Kier alpha value is -7.23. The predicted octanol–water partition coefficient (Wildman–Crippen LogP) is 14.6. The molecule has 0 unspecified atom stereocenters. The first-order valence-corrected chi connectivity index (χ1v) is 23.7. The molecular weight excluding hydrogens is 787 g/mol. The van der Waals surface area contributed by atoms with Gasteiger partial charge in [0.05, 0.1) is 5.41 Å². The molecule has 0 N–H and O–H groups in total. The molecule has 1 aromatic heterocycles. The molecule has 9 aromatic rings. The van der Waals surface area contributed by atoms with Crippen molar-refractivity contribution in [3.63, 3.8) is 0 Å². The van der Waals surface area contributed by atoms with Crippen molar-refractivity contribution < 1.29 is 0 Å². The Balaban J connectivity index is 0.937. The second-order valence-electron chi connectivity index (χ2n) is 19.5. The molecule has 2 spiro atoms. The summed E-state index contributed by atoms with van der Waals surface area (Å²) in [5, 5.41) is 0. The molecule has 0 aliphatic heterocycles. The lowest BCUT2D eigenvalue weighted by molar-refractivity contribution is -0.0440. The highest BCUT2D eigenvalue weighted by atomic mass is 15.0. The Labute approximate surface area is 381 Å². The largest absolute Gasteiger partial charge is 0.208 e. The lowest BCUT2D eigenvalue weighted by Crippen LogP contribution is -2.59. The maximum Gasteiger partial charge on any atom is 0.164 e. The average Bonchev–Trinajstić information content (AvgIpc) is 3.67. The molecule has 6 aliphatic carbocycles. The summed E-state index contributed by atoms with van der Waals surface area (Å²) in [6.45, 7) is 0. The van der Waals surface area contributed by atoms with Crippen molar-refractivity contribution in [2.75, 3.05) is 0 Å². The minimum atomic E-state index is -0.414. The molecular formula is C62H47N3. The molecule has 1 heterocycles. The third kappa shape index (κ3) is 5.33. The van der Waals surface area contributed by atoms with Gasteiger partial charge in [0.15, 0.2) is 17.5 Å². The first-order valence-electron chi connectivity index (χ1n) is 23.7. The smallest absolute Gasteiger partial charge is 0.164 e. The number of hydrogen-bond acceptors (Lipinski definition) is 3. The fraction of sp³-hybridized carbons (Fsp3) is 0.177. The Morgan fingerprint density at radius 3 is 1.25 bits per heavy atom. The highest BCUT2D eigenvalue weighted by Gasteiger charge is 2.64. The molecule has 6 aliphatic rings. The Morgan fingerprint density at radius 2 is 0.692 bits per heavy atom. The fourth-order valence-corrected chi connectivity index (χ4v) is 14.1. The van der Waals surface area contributed by atoms with E-state index in [0.29, 0.717) is 29.3 Å². The maximum atomic E-state index is 5.06. The standard InChI is InChI=1S/C62H47N3/c1-3-15-41(16-4-1)58-63-59(42-17-5-2-6-18-42)65-60(64-58)47-22-14-21-45(37-47)43-19-13-20-44(36-43)46-29-30-56-57(38-46)62(52-25-9-7-23-50(52)51-24-8-10-26-53(51)62)55-28-12-11-27-54(55)61(56)48-32-39-31-40(34-48)35-49(61)33-39/h1-30,36-40,48-49H,31-35H2. The molecule has 0 atom stereocenters. The first-order chi connectivity index (χ1) is 32.2. The number of hydrogen-bond donors (Lipinski definition) is 0.